The molecule has 0 aromatic heterocycles. The van der Waals surface area contributed by atoms with Gasteiger partial charge in [0, 0.05) is 44.8 Å². The van der Waals surface area contributed by atoms with Crippen molar-refractivity contribution in [2.45, 2.75) is 71.0 Å². The van der Waals surface area contributed by atoms with Gasteiger partial charge in [-0.1, -0.05) is 0 Å². The van der Waals surface area contributed by atoms with Gasteiger partial charge in [0.15, 0.2) is 11.6 Å². The third-order valence-corrected chi connectivity index (χ3v) is 8.43. The fourth-order valence-electron chi connectivity index (χ4n) is 5.63. The number of aliphatic imine (C=N–C) groups is 2. The van der Waals surface area contributed by atoms with Gasteiger partial charge >= 0.3 is 0 Å². The molecule has 1 aliphatic heterocycles. The molecule has 1 unspecified atom stereocenters. The summed E-state index contributed by atoms with van der Waals surface area (Å²) in [5.74, 6) is 0.797. The van der Waals surface area contributed by atoms with Crippen LogP contribution in [0.25, 0.3) is 0 Å². The molecule has 2 fully saturated rings. The van der Waals surface area contributed by atoms with E-state index < -0.39 is 15.8 Å². The Hall–Kier alpha value is -2.83. The smallest absolute Gasteiger partial charge is 0.257 e. The van der Waals surface area contributed by atoms with Crippen molar-refractivity contribution in [3.63, 3.8) is 0 Å². The summed E-state index contributed by atoms with van der Waals surface area (Å²) in [4.78, 5) is 25.5. The van der Waals surface area contributed by atoms with Gasteiger partial charge in [-0.25, -0.2) is 17.5 Å². The van der Waals surface area contributed by atoms with Crippen LogP contribution in [-0.4, -0.2) is 94.3 Å². The van der Waals surface area contributed by atoms with Gasteiger partial charge < -0.3 is 19.9 Å². The average Bonchev–Trinajstić information content (AvgIpc) is 3.37. The number of nitrogens with zero attached hydrogens (tertiary/aromatic N) is 4. The lowest BCUT2D eigenvalue weighted by Gasteiger charge is -2.29. The Kier molecular flexibility index (Phi) is 11.9. The minimum atomic E-state index is -3.18. The number of amidine groups is 1. The van der Waals surface area contributed by atoms with Crippen LogP contribution in [0.2, 0.25) is 0 Å². The Morgan fingerprint density at radius 3 is 2.54 bits per heavy atom. The van der Waals surface area contributed by atoms with Crippen LogP contribution in [0.15, 0.2) is 40.1 Å². The highest BCUT2D eigenvalue weighted by Crippen LogP contribution is 2.27. The molecule has 1 saturated heterocycles. The Balaban J connectivity index is 1.64. The van der Waals surface area contributed by atoms with Gasteiger partial charge in [-0.15, -0.1) is 0 Å². The van der Waals surface area contributed by atoms with Gasteiger partial charge in [0.1, 0.15) is 11.6 Å². The number of benzene rings is 1. The molecule has 3 rings (SSSR count). The van der Waals surface area contributed by atoms with Crippen molar-refractivity contribution in [1.82, 2.24) is 19.8 Å². The Morgan fingerprint density at radius 1 is 1.24 bits per heavy atom. The maximum Gasteiger partial charge on any atom is 0.257 e. The zero-order chi connectivity index (χ0) is 30.2. The number of hydrogen-bond donors (Lipinski definition) is 2. The number of nitrogens with one attached hydrogen (secondary N) is 2. The predicted octanol–water partition coefficient (Wildman–Crippen LogP) is 3.42. The largest absolute Gasteiger partial charge is 0.451 e. The normalized spacial score (nSPS) is 22.2. The van der Waals surface area contributed by atoms with Crippen molar-refractivity contribution >= 4 is 28.5 Å². The number of carbonyl (C=O) groups excluding carboxylic acids is 1. The molecule has 1 aliphatic carbocycles. The van der Waals surface area contributed by atoms with Crippen LogP contribution in [0, 0.1) is 11.7 Å². The SMILES string of the molecule is C=N/C=C(/Oc1ccc(F)cc1C(=O)N(CC)C(C)C)C(=NC)N1CCC(NCC2CCC(NS(C)(=O)=O)CC2)C1. The second-order valence-corrected chi connectivity index (χ2v) is 12.9. The molecular formula is C29H45FN6O4S. The number of likely N-dealkylation sites (tertiary alicyclic amines) is 1. The highest BCUT2D eigenvalue weighted by molar-refractivity contribution is 7.88. The van der Waals surface area contributed by atoms with Crippen LogP contribution in [0.4, 0.5) is 4.39 Å². The van der Waals surface area contributed by atoms with Crippen LogP contribution in [0.5, 0.6) is 5.75 Å². The second-order valence-electron chi connectivity index (χ2n) is 11.1. The molecule has 1 saturated carbocycles. The van der Waals surface area contributed by atoms with E-state index in [0.29, 0.717) is 30.6 Å². The number of carbonyl (C=O) groups is 1. The van der Waals surface area contributed by atoms with Crippen LogP contribution in [0.1, 0.15) is 63.2 Å². The van der Waals surface area contributed by atoms with E-state index in [2.05, 4.69) is 31.6 Å². The molecule has 1 heterocycles. The minimum absolute atomic E-state index is 0.0301. The van der Waals surface area contributed by atoms with E-state index in [0.717, 1.165) is 45.2 Å². The topological polar surface area (TPSA) is 116 Å². The fraction of sp³-hybridized carbons (Fsp3) is 0.621. The van der Waals surface area contributed by atoms with Gasteiger partial charge in [0.25, 0.3) is 5.91 Å². The summed E-state index contributed by atoms with van der Waals surface area (Å²) in [7, 11) is -1.50. The van der Waals surface area contributed by atoms with Gasteiger partial charge in [-0.05, 0) is 90.3 Å². The summed E-state index contributed by atoms with van der Waals surface area (Å²) in [5, 5.41) is 3.68. The summed E-state index contributed by atoms with van der Waals surface area (Å²) in [5.41, 5.74) is 0.133. The standard InChI is InChI=1S/C29H45FN6O4S/c1-7-36(20(2)3)29(37)25-16-22(30)10-13-26(25)40-27(18-31-4)28(32-5)35-15-14-24(19-35)33-17-21-8-11-23(12-9-21)34-41(6,38)39/h10,13,16,18,20-21,23-24,33-34H,4,7-9,11-12,14-15,17,19H2,1-3,5-6H3/b27-18+,32-28?. The predicted molar refractivity (Wildman–Crippen MR) is 162 cm³/mol. The van der Waals surface area contributed by atoms with E-state index in [9.17, 15) is 17.6 Å². The van der Waals surface area contributed by atoms with Crippen LogP contribution < -0.4 is 14.8 Å². The number of halogens is 1. The molecule has 1 amide bonds. The molecule has 2 N–H and O–H groups in total. The van der Waals surface area contributed by atoms with E-state index in [4.69, 9.17) is 4.74 Å². The zero-order valence-corrected chi connectivity index (χ0v) is 25.7. The van der Waals surface area contributed by atoms with Crippen LogP contribution >= 0.6 is 0 Å². The van der Waals surface area contributed by atoms with E-state index in [1.54, 1.807) is 11.9 Å². The first-order chi connectivity index (χ1) is 19.4. The third-order valence-electron chi connectivity index (χ3n) is 7.67. The summed E-state index contributed by atoms with van der Waals surface area (Å²) < 4.78 is 46.2. The Labute approximate surface area is 244 Å². The summed E-state index contributed by atoms with van der Waals surface area (Å²) >= 11 is 0. The van der Waals surface area contributed by atoms with E-state index >= 15 is 0 Å². The maximum absolute atomic E-state index is 14.2. The zero-order valence-electron chi connectivity index (χ0n) is 24.9. The first-order valence-electron chi connectivity index (χ1n) is 14.3. The van der Waals surface area contributed by atoms with E-state index in [-0.39, 0.29) is 35.3 Å². The summed E-state index contributed by atoms with van der Waals surface area (Å²) in [6.45, 7) is 12.1. The molecule has 12 heteroatoms. The average molecular weight is 593 g/mol. The molecule has 0 radical (unpaired) electrons. The molecule has 2 aliphatic rings. The van der Waals surface area contributed by atoms with Crippen molar-refractivity contribution in [3.8, 4) is 5.75 Å². The number of hydrogen-bond acceptors (Lipinski definition) is 7. The Bertz CT molecular complexity index is 1230. The van der Waals surface area contributed by atoms with Crippen molar-refractivity contribution in [2.75, 3.05) is 39.5 Å². The maximum atomic E-state index is 14.2. The molecule has 228 valence electrons. The molecule has 41 heavy (non-hydrogen) atoms. The minimum Gasteiger partial charge on any atom is -0.451 e. The van der Waals surface area contributed by atoms with Gasteiger partial charge in [-0.2, -0.15) is 0 Å². The first kappa shape index (κ1) is 32.7. The van der Waals surface area contributed by atoms with Crippen molar-refractivity contribution in [2.24, 2.45) is 15.9 Å². The Morgan fingerprint density at radius 2 is 1.95 bits per heavy atom. The number of ether oxygens (including phenoxy) is 1. The second kappa shape index (κ2) is 14.9. The van der Waals surface area contributed by atoms with Crippen LogP contribution in [-0.2, 0) is 10.0 Å². The monoisotopic (exact) mass is 592 g/mol. The molecule has 1 atom stereocenters. The fourth-order valence-corrected chi connectivity index (χ4v) is 6.48. The number of sulfonamides is 1. The summed E-state index contributed by atoms with van der Waals surface area (Å²) in [6, 6.07) is 4.14. The van der Waals surface area contributed by atoms with Crippen molar-refractivity contribution in [3.05, 3.63) is 41.5 Å². The molecule has 10 nitrogen and oxygen atoms in total. The summed E-state index contributed by atoms with van der Waals surface area (Å²) in [6.07, 6.45) is 7.25. The molecule has 0 spiro atoms. The number of amides is 1. The van der Waals surface area contributed by atoms with Crippen LogP contribution in [0.3, 0.4) is 0 Å². The quantitative estimate of drug-likeness (QED) is 0.218. The van der Waals surface area contributed by atoms with Gasteiger partial charge in [0.05, 0.1) is 18.0 Å². The molecule has 1 aromatic rings. The number of rotatable bonds is 12. The van der Waals surface area contributed by atoms with Gasteiger partial charge in [-0.3, -0.25) is 14.8 Å². The van der Waals surface area contributed by atoms with E-state index in [1.807, 2.05) is 20.8 Å². The molecule has 0 bridgehead atoms. The van der Waals surface area contributed by atoms with E-state index in [1.165, 1.54) is 30.7 Å². The first-order valence-corrected chi connectivity index (χ1v) is 16.2. The highest BCUT2D eigenvalue weighted by atomic mass is 32.2. The lowest BCUT2D eigenvalue weighted by molar-refractivity contribution is 0.0713. The third kappa shape index (κ3) is 9.34. The molecule has 1 aromatic carbocycles. The lowest BCUT2D eigenvalue weighted by atomic mass is 9.86. The molecular weight excluding hydrogens is 547 g/mol. The van der Waals surface area contributed by atoms with Crippen molar-refractivity contribution < 1.29 is 22.3 Å². The van der Waals surface area contributed by atoms with Crippen molar-refractivity contribution in [1.29, 1.82) is 0 Å². The lowest BCUT2D eigenvalue weighted by Crippen LogP contribution is -2.41. The van der Waals surface area contributed by atoms with Gasteiger partial charge in [0.2, 0.25) is 10.0 Å². The highest BCUT2D eigenvalue weighted by Gasteiger charge is 2.30.